The van der Waals surface area contributed by atoms with Crippen molar-refractivity contribution < 1.29 is 0 Å². The fourth-order valence-corrected chi connectivity index (χ4v) is 2.43. The molecule has 4 heteroatoms. The third-order valence-corrected chi connectivity index (χ3v) is 3.01. The lowest BCUT2D eigenvalue weighted by Crippen LogP contribution is -1.95. The summed E-state index contributed by atoms with van der Waals surface area (Å²) in [4.78, 5) is 0. The summed E-state index contributed by atoms with van der Waals surface area (Å²) in [6, 6.07) is 5.71. The molecule has 74 valence electrons. The molecule has 1 aromatic carbocycles. The van der Waals surface area contributed by atoms with E-state index in [-0.39, 0.29) is 0 Å². The third kappa shape index (κ3) is 1.79. The second-order valence-electron chi connectivity index (χ2n) is 3.02. The largest absolute Gasteiger partial charge is 0.347 e. The lowest BCUT2D eigenvalue weighted by Gasteiger charge is -2.03. The van der Waals surface area contributed by atoms with Crippen LogP contribution in [-0.2, 0) is 6.54 Å². The van der Waals surface area contributed by atoms with Gasteiger partial charge in [0.15, 0.2) is 0 Å². The van der Waals surface area contributed by atoms with Crippen LogP contribution in [0.15, 0.2) is 24.4 Å². The Kier molecular flexibility index (Phi) is 3.05. The predicted octanol–water partition coefficient (Wildman–Crippen LogP) is 4.34. The molecule has 2 rings (SSSR count). The molecule has 1 aromatic heterocycles. The highest BCUT2D eigenvalue weighted by Crippen LogP contribution is 2.28. The number of aromatic nitrogens is 1. The summed E-state index contributed by atoms with van der Waals surface area (Å²) < 4.78 is 2.13. The SMILES string of the molecule is Clc1cc(Cl)c2ccn(CCBr)c2c1. The zero-order chi connectivity index (χ0) is 10.1. The summed E-state index contributed by atoms with van der Waals surface area (Å²) in [5, 5.41) is 3.36. The quantitative estimate of drug-likeness (QED) is 0.726. The third-order valence-electron chi connectivity index (χ3n) is 2.13. The van der Waals surface area contributed by atoms with Gasteiger partial charge in [-0.3, -0.25) is 0 Å². The van der Waals surface area contributed by atoms with Gasteiger partial charge in [-0.2, -0.15) is 0 Å². The highest BCUT2D eigenvalue weighted by atomic mass is 79.9. The molecule has 0 amide bonds. The maximum atomic E-state index is 6.07. The maximum Gasteiger partial charge on any atom is 0.0514 e. The van der Waals surface area contributed by atoms with Gasteiger partial charge < -0.3 is 4.57 Å². The maximum absolute atomic E-state index is 6.07. The molecule has 0 N–H and O–H groups in total. The Bertz CT molecular complexity index is 464. The van der Waals surface area contributed by atoms with Crippen molar-refractivity contribution in [3.8, 4) is 0 Å². The summed E-state index contributed by atoms with van der Waals surface area (Å²) in [6.07, 6.45) is 2.02. The smallest absolute Gasteiger partial charge is 0.0514 e. The van der Waals surface area contributed by atoms with Crippen molar-refractivity contribution >= 4 is 50.0 Å². The molecule has 0 spiro atoms. The molecule has 0 saturated carbocycles. The zero-order valence-electron chi connectivity index (χ0n) is 7.30. The van der Waals surface area contributed by atoms with E-state index in [2.05, 4.69) is 20.5 Å². The lowest BCUT2D eigenvalue weighted by molar-refractivity contribution is 0.812. The molecule has 2 aromatic rings. The van der Waals surface area contributed by atoms with E-state index < -0.39 is 0 Å². The van der Waals surface area contributed by atoms with Crippen molar-refractivity contribution in [2.75, 3.05) is 5.33 Å². The first-order chi connectivity index (χ1) is 6.72. The molecular weight excluding hydrogens is 285 g/mol. The van der Waals surface area contributed by atoms with Gasteiger partial charge in [0.2, 0.25) is 0 Å². The van der Waals surface area contributed by atoms with Gasteiger partial charge in [-0.05, 0) is 18.2 Å². The number of alkyl halides is 1. The van der Waals surface area contributed by atoms with Gasteiger partial charge in [-0.15, -0.1) is 0 Å². The number of nitrogens with zero attached hydrogens (tertiary/aromatic N) is 1. The van der Waals surface area contributed by atoms with Crippen LogP contribution in [0.3, 0.4) is 0 Å². The Labute approximate surface area is 101 Å². The van der Waals surface area contributed by atoms with Gasteiger partial charge in [0.05, 0.1) is 10.5 Å². The van der Waals surface area contributed by atoms with Crippen molar-refractivity contribution in [1.29, 1.82) is 0 Å². The van der Waals surface area contributed by atoms with Gasteiger partial charge in [0, 0.05) is 28.5 Å². The van der Waals surface area contributed by atoms with E-state index in [1.807, 2.05) is 18.3 Å². The van der Waals surface area contributed by atoms with Crippen molar-refractivity contribution in [3.05, 3.63) is 34.4 Å². The minimum absolute atomic E-state index is 0.678. The zero-order valence-corrected chi connectivity index (χ0v) is 10.4. The minimum atomic E-state index is 0.678. The second-order valence-corrected chi connectivity index (χ2v) is 4.66. The van der Waals surface area contributed by atoms with E-state index in [0.29, 0.717) is 10.0 Å². The van der Waals surface area contributed by atoms with E-state index >= 15 is 0 Å². The number of rotatable bonds is 2. The van der Waals surface area contributed by atoms with Crippen molar-refractivity contribution in [3.63, 3.8) is 0 Å². The Morgan fingerprint density at radius 1 is 1.29 bits per heavy atom. The van der Waals surface area contributed by atoms with Gasteiger partial charge in [-0.1, -0.05) is 39.1 Å². The van der Waals surface area contributed by atoms with Gasteiger partial charge in [0.1, 0.15) is 0 Å². The lowest BCUT2D eigenvalue weighted by atomic mass is 10.2. The van der Waals surface area contributed by atoms with Crippen LogP contribution in [0.25, 0.3) is 10.9 Å². The topological polar surface area (TPSA) is 4.93 Å². The Hall–Kier alpha value is -0.180. The first-order valence-electron chi connectivity index (χ1n) is 4.22. The van der Waals surface area contributed by atoms with Gasteiger partial charge in [-0.25, -0.2) is 0 Å². The summed E-state index contributed by atoms with van der Waals surface area (Å²) >= 11 is 15.4. The Morgan fingerprint density at radius 2 is 2.07 bits per heavy atom. The highest BCUT2D eigenvalue weighted by molar-refractivity contribution is 9.09. The van der Waals surface area contributed by atoms with Crippen molar-refractivity contribution in [2.45, 2.75) is 6.54 Å². The van der Waals surface area contributed by atoms with Crippen LogP contribution in [0.1, 0.15) is 0 Å². The van der Waals surface area contributed by atoms with Crippen LogP contribution in [-0.4, -0.2) is 9.90 Å². The first-order valence-corrected chi connectivity index (χ1v) is 6.10. The van der Waals surface area contributed by atoms with Gasteiger partial charge >= 0.3 is 0 Å². The van der Waals surface area contributed by atoms with Crippen LogP contribution < -0.4 is 0 Å². The predicted molar refractivity (Wildman–Crippen MR) is 65.8 cm³/mol. The van der Waals surface area contributed by atoms with E-state index in [9.17, 15) is 0 Å². The second kappa shape index (κ2) is 4.13. The van der Waals surface area contributed by atoms with E-state index in [1.165, 1.54) is 0 Å². The normalized spacial score (nSPS) is 11.1. The monoisotopic (exact) mass is 291 g/mol. The summed E-state index contributed by atoms with van der Waals surface area (Å²) in [5.41, 5.74) is 1.09. The Balaban J connectivity index is 2.66. The van der Waals surface area contributed by atoms with Crippen LogP contribution in [0.2, 0.25) is 10.0 Å². The fraction of sp³-hybridized carbons (Fsp3) is 0.200. The molecule has 0 fully saturated rings. The van der Waals surface area contributed by atoms with Crippen LogP contribution in [0, 0.1) is 0 Å². The number of aryl methyl sites for hydroxylation is 1. The first kappa shape index (κ1) is 10.3. The number of halogens is 3. The summed E-state index contributed by atoms with van der Waals surface area (Å²) in [5.74, 6) is 0. The molecule has 0 aliphatic carbocycles. The molecule has 0 radical (unpaired) electrons. The molecule has 0 saturated heterocycles. The molecule has 0 unspecified atom stereocenters. The van der Waals surface area contributed by atoms with Crippen LogP contribution in [0.4, 0.5) is 0 Å². The average molecular weight is 293 g/mol. The average Bonchev–Trinajstić information content (AvgIpc) is 2.49. The number of fused-ring (bicyclic) bond motifs is 1. The van der Waals surface area contributed by atoms with E-state index in [4.69, 9.17) is 23.2 Å². The molecule has 1 heterocycles. The number of benzene rings is 1. The number of hydrogen-bond donors (Lipinski definition) is 0. The molecule has 0 atom stereocenters. The summed E-state index contributed by atoms with van der Waals surface area (Å²) in [6.45, 7) is 0.917. The fourth-order valence-electron chi connectivity index (χ4n) is 1.50. The Morgan fingerprint density at radius 3 is 2.79 bits per heavy atom. The van der Waals surface area contributed by atoms with Crippen LogP contribution in [0.5, 0.6) is 0 Å². The van der Waals surface area contributed by atoms with E-state index in [1.54, 1.807) is 6.07 Å². The highest BCUT2D eigenvalue weighted by Gasteiger charge is 2.05. The summed E-state index contributed by atoms with van der Waals surface area (Å²) in [7, 11) is 0. The van der Waals surface area contributed by atoms with E-state index in [0.717, 1.165) is 22.8 Å². The molecular formula is C10H8BrCl2N. The molecule has 14 heavy (non-hydrogen) atoms. The van der Waals surface area contributed by atoms with Crippen molar-refractivity contribution in [2.24, 2.45) is 0 Å². The number of hydrogen-bond acceptors (Lipinski definition) is 0. The van der Waals surface area contributed by atoms with Crippen LogP contribution >= 0.6 is 39.1 Å². The molecule has 0 bridgehead atoms. The minimum Gasteiger partial charge on any atom is -0.347 e. The molecule has 0 aliphatic heterocycles. The van der Waals surface area contributed by atoms with Crippen molar-refractivity contribution in [1.82, 2.24) is 4.57 Å². The van der Waals surface area contributed by atoms with Gasteiger partial charge in [0.25, 0.3) is 0 Å². The molecule has 1 nitrogen and oxygen atoms in total. The standard InChI is InChI=1S/C10H8BrCl2N/c11-2-4-14-3-1-8-9(13)5-7(12)6-10(8)14/h1,3,5-6H,2,4H2. The molecule has 0 aliphatic rings.